The molecule has 0 saturated heterocycles. The Bertz CT molecular complexity index is 1070. The van der Waals surface area contributed by atoms with Crippen LogP contribution in [0.3, 0.4) is 0 Å². The van der Waals surface area contributed by atoms with Crippen molar-refractivity contribution in [2.24, 2.45) is 0 Å². The lowest BCUT2D eigenvalue weighted by Crippen LogP contribution is -2.26. The van der Waals surface area contributed by atoms with Crippen LogP contribution in [0.25, 0.3) is 10.9 Å². The Morgan fingerprint density at radius 2 is 1.97 bits per heavy atom. The highest BCUT2D eigenvalue weighted by molar-refractivity contribution is 6.35. The summed E-state index contributed by atoms with van der Waals surface area (Å²) in [5.74, 6) is 1.03. The fraction of sp³-hybridized carbons (Fsp3) is 0.316. The Morgan fingerprint density at radius 1 is 1.28 bits per heavy atom. The summed E-state index contributed by atoms with van der Waals surface area (Å²) in [6, 6.07) is 7.14. The summed E-state index contributed by atoms with van der Waals surface area (Å²) in [6.07, 6.45) is 2.71. The molecule has 9 nitrogen and oxygen atoms in total. The maximum Gasteiger partial charge on any atom is 0.262 e. The molecule has 3 aromatic rings. The third-order valence-corrected chi connectivity index (χ3v) is 4.39. The van der Waals surface area contributed by atoms with Gasteiger partial charge in [-0.15, -0.1) is 0 Å². The molecule has 0 radical (unpaired) electrons. The van der Waals surface area contributed by atoms with E-state index in [1.165, 1.54) is 6.33 Å². The predicted octanol–water partition coefficient (Wildman–Crippen LogP) is 2.16. The average Bonchev–Trinajstić information content (AvgIpc) is 2.70. The van der Waals surface area contributed by atoms with Gasteiger partial charge in [0.2, 0.25) is 0 Å². The van der Waals surface area contributed by atoms with Crippen molar-refractivity contribution in [1.29, 1.82) is 5.26 Å². The normalized spacial score (nSPS) is 10.3. The van der Waals surface area contributed by atoms with E-state index in [4.69, 9.17) is 33.1 Å². The average molecular weight is 416 g/mol. The number of aryl methyl sites for hydroxylation is 1. The molecule has 0 aliphatic rings. The third kappa shape index (κ3) is 5.19. The number of nitrogens with zero attached hydrogens (tertiary/aromatic N) is 5. The predicted molar refractivity (Wildman–Crippen MR) is 112 cm³/mol. The molecule has 0 unspecified atom stereocenters. The summed E-state index contributed by atoms with van der Waals surface area (Å²) in [7, 11) is 1.65. The van der Waals surface area contributed by atoms with Crippen molar-refractivity contribution in [2.45, 2.75) is 26.3 Å². The van der Waals surface area contributed by atoms with Crippen LogP contribution in [0.1, 0.15) is 24.7 Å². The Balaban J connectivity index is 0.000000253. The van der Waals surface area contributed by atoms with Crippen LogP contribution in [0.2, 0.25) is 5.02 Å². The van der Waals surface area contributed by atoms with Crippen LogP contribution < -0.4 is 17.0 Å². The van der Waals surface area contributed by atoms with Crippen LogP contribution in [-0.4, -0.2) is 33.2 Å². The van der Waals surface area contributed by atoms with Crippen LogP contribution in [0, 0.1) is 11.3 Å². The molecular formula is C19H22ClN7O2. The number of ether oxygens (including phenoxy) is 1. The van der Waals surface area contributed by atoms with Gasteiger partial charge in [-0.1, -0.05) is 24.6 Å². The van der Waals surface area contributed by atoms with Crippen molar-refractivity contribution in [3.63, 3.8) is 0 Å². The van der Waals surface area contributed by atoms with E-state index in [1.807, 2.05) is 19.1 Å². The molecule has 0 aliphatic heterocycles. The van der Waals surface area contributed by atoms with Crippen LogP contribution >= 0.6 is 11.6 Å². The molecule has 0 saturated carbocycles. The SMILES string of the molecule is CCc1nc2cccc(Cl)c2c(=O)n1CCCOC.N#Cc1c(N)ncnc1N. The van der Waals surface area contributed by atoms with Gasteiger partial charge in [0.25, 0.3) is 5.56 Å². The fourth-order valence-electron chi connectivity index (χ4n) is 2.66. The van der Waals surface area contributed by atoms with Crippen LogP contribution in [0.5, 0.6) is 0 Å². The first kappa shape index (κ1) is 22.1. The quantitative estimate of drug-likeness (QED) is 0.602. The summed E-state index contributed by atoms with van der Waals surface area (Å²) < 4.78 is 6.73. The van der Waals surface area contributed by atoms with Gasteiger partial charge in [0, 0.05) is 26.7 Å². The maximum absolute atomic E-state index is 12.5. The van der Waals surface area contributed by atoms with Gasteiger partial charge < -0.3 is 16.2 Å². The number of hydrogen-bond donors (Lipinski definition) is 2. The first-order valence-corrected chi connectivity index (χ1v) is 9.25. The van der Waals surface area contributed by atoms with Crippen molar-refractivity contribution < 1.29 is 4.74 Å². The second kappa shape index (κ2) is 10.4. The van der Waals surface area contributed by atoms with E-state index >= 15 is 0 Å². The number of methoxy groups -OCH3 is 1. The van der Waals surface area contributed by atoms with Crippen LogP contribution in [-0.2, 0) is 17.7 Å². The third-order valence-electron chi connectivity index (χ3n) is 4.08. The van der Waals surface area contributed by atoms with Crippen molar-refractivity contribution in [1.82, 2.24) is 19.5 Å². The van der Waals surface area contributed by atoms with E-state index in [-0.39, 0.29) is 22.8 Å². The first-order chi connectivity index (χ1) is 13.9. The summed E-state index contributed by atoms with van der Waals surface area (Å²) in [6.45, 7) is 3.21. The molecule has 0 fully saturated rings. The number of aromatic nitrogens is 4. The van der Waals surface area contributed by atoms with Crippen molar-refractivity contribution >= 4 is 34.1 Å². The number of benzene rings is 1. The minimum atomic E-state index is -0.0662. The number of fused-ring (bicyclic) bond motifs is 1. The lowest BCUT2D eigenvalue weighted by atomic mass is 10.2. The molecule has 29 heavy (non-hydrogen) atoms. The lowest BCUT2D eigenvalue weighted by Gasteiger charge is -2.12. The molecule has 0 atom stereocenters. The van der Waals surface area contributed by atoms with E-state index in [0.717, 1.165) is 12.2 Å². The Kier molecular flexibility index (Phi) is 7.88. The fourth-order valence-corrected chi connectivity index (χ4v) is 2.92. The van der Waals surface area contributed by atoms with Gasteiger partial charge >= 0.3 is 0 Å². The lowest BCUT2D eigenvalue weighted by molar-refractivity contribution is 0.189. The molecule has 152 valence electrons. The maximum atomic E-state index is 12.5. The zero-order chi connectivity index (χ0) is 21.4. The number of nitrogens with two attached hydrogens (primary N) is 2. The molecule has 10 heteroatoms. The Hall–Kier alpha value is -3.22. The standard InChI is InChI=1S/C14H17ClN2O2.C5H5N5/c1-3-12-16-11-7-4-6-10(15)13(11)14(18)17(12)8-5-9-19-2;6-1-3-4(7)9-2-10-5(3)8/h4,6-7H,3,5,8-9H2,1-2H3;2H,(H4,7,8,9,10). The highest BCUT2D eigenvalue weighted by atomic mass is 35.5. The monoisotopic (exact) mass is 415 g/mol. The highest BCUT2D eigenvalue weighted by Gasteiger charge is 2.11. The van der Waals surface area contributed by atoms with Gasteiger partial charge in [-0.25, -0.2) is 15.0 Å². The smallest absolute Gasteiger partial charge is 0.262 e. The zero-order valence-electron chi connectivity index (χ0n) is 16.2. The van der Waals surface area contributed by atoms with Gasteiger partial charge in [0.1, 0.15) is 35.4 Å². The van der Waals surface area contributed by atoms with E-state index < -0.39 is 0 Å². The van der Waals surface area contributed by atoms with Crippen molar-refractivity contribution in [3.05, 3.63) is 51.3 Å². The first-order valence-electron chi connectivity index (χ1n) is 8.87. The molecule has 0 amide bonds. The molecule has 0 spiro atoms. The summed E-state index contributed by atoms with van der Waals surface area (Å²) in [4.78, 5) is 24.2. The van der Waals surface area contributed by atoms with Gasteiger partial charge in [0.05, 0.1) is 15.9 Å². The van der Waals surface area contributed by atoms with Gasteiger partial charge in [-0.2, -0.15) is 5.26 Å². The molecular weight excluding hydrogens is 394 g/mol. The molecule has 3 rings (SSSR count). The molecule has 0 bridgehead atoms. The second-order valence-electron chi connectivity index (χ2n) is 5.95. The molecule has 1 aromatic carbocycles. The van der Waals surface area contributed by atoms with E-state index in [0.29, 0.717) is 35.5 Å². The number of halogens is 1. The van der Waals surface area contributed by atoms with E-state index in [2.05, 4.69) is 15.0 Å². The second-order valence-corrected chi connectivity index (χ2v) is 6.36. The van der Waals surface area contributed by atoms with Crippen molar-refractivity contribution in [3.8, 4) is 6.07 Å². The molecule has 4 N–H and O–H groups in total. The summed E-state index contributed by atoms with van der Waals surface area (Å²) in [5.41, 5.74) is 11.3. The van der Waals surface area contributed by atoms with Gasteiger partial charge in [-0.3, -0.25) is 9.36 Å². The molecule has 2 aromatic heterocycles. The Labute approximate surface area is 172 Å². The largest absolute Gasteiger partial charge is 0.385 e. The minimum absolute atomic E-state index is 0.0662. The summed E-state index contributed by atoms with van der Waals surface area (Å²) in [5, 5.41) is 9.36. The van der Waals surface area contributed by atoms with Crippen LogP contribution in [0.4, 0.5) is 11.6 Å². The van der Waals surface area contributed by atoms with E-state index in [9.17, 15) is 4.79 Å². The van der Waals surface area contributed by atoms with Gasteiger partial charge in [-0.05, 0) is 18.6 Å². The number of rotatable bonds is 5. The number of hydrogen-bond acceptors (Lipinski definition) is 8. The number of anilines is 2. The van der Waals surface area contributed by atoms with E-state index in [1.54, 1.807) is 23.8 Å². The molecule has 2 heterocycles. The van der Waals surface area contributed by atoms with Crippen LogP contribution in [0.15, 0.2) is 29.3 Å². The van der Waals surface area contributed by atoms with Gasteiger partial charge in [0.15, 0.2) is 0 Å². The minimum Gasteiger partial charge on any atom is -0.385 e. The highest BCUT2D eigenvalue weighted by Crippen LogP contribution is 2.19. The topological polar surface area (TPSA) is 146 Å². The zero-order valence-corrected chi connectivity index (χ0v) is 17.0. The van der Waals surface area contributed by atoms with Crippen molar-refractivity contribution in [2.75, 3.05) is 25.2 Å². The molecule has 0 aliphatic carbocycles. The summed E-state index contributed by atoms with van der Waals surface area (Å²) >= 11 is 6.11. The number of nitrogen functional groups attached to an aromatic ring is 2. The number of nitriles is 1. The Morgan fingerprint density at radius 3 is 2.52 bits per heavy atom.